The molecule has 1 aromatic carbocycles. The van der Waals surface area contributed by atoms with Gasteiger partial charge in [-0.2, -0.15) is 0 Å². The van der Waals surface area contributed by atoms with Crippen molar-refractivity contribution < 1.29 is 13.2 Å². The zero-order valence-corrected chi connectivity index (χ0v) is 13.5. The molecule has 118 valence electrons. The van der Waals surface area contributed by atoms with Gasteiger partial charge in [0.25, 0.3) is 0 Å². The lowest BCUT2D eigenvalue weighted by Crippen LogP contribution is -2.32. The number of hydrogen-bond acceptors (Lipinski definition) is 4. The van der Waals surface area contributed by atoms with Crippen LogP contribution in [0.5, 0.6) is 5.75 Å². The topological polar surface area (TPSA) is 67.4 Å². The Morgan fingerprint density at radius 3 is 2.67 bits per heavy atom. The van der Waals surface area contributed by atoms with Gasteiger partial charge in [-0.1, -0.05) is 6.42 Å². The molecule has 0 aliphatic heterocycles. The van der Waals surface area contributed by atoms with Gasteiger partial charge in [-0.05, 0) is 62.5 Å². The average molecular weight is 312 g/mol. The van der Waals surface area contributed by atoms with Crippen LogP contribution in [0.25, 0.3) is 0 Å². The Bertz CT molecular complexity index is 568. The Balaban J connectivity index is 2.18. The number of likely N-dealkylation sites (N-methyl/N-ethyl adjacent to an activating group) is 1. The summed E-state index contributed by atoms with van der Waals surface area (Å²) >= 11 is 0. The van der Waals surface area contributed by atoms with Crippen LogP contribution in [0.2, 0.25) is 0 Å². The van der Waals surface area contributed by atoms with Crippen molar-refractivity contribution in [3.63, 3.8) is 0 Å². The molecule has 0 atom stereocenters. The Labute approximate surface area is 127 Å². The van der Waals surface area contributed by atoms with Gasteiger partial charge in [0.15, 0.2) is 0 Å². The molecule has 2 rings (SSSR count). The number of rotatable bonds is 8. The molecule has 0 spiro atoms. The highest BCUT2D eigenvalue weighted by molar-refractivity contribution is 7.89. The van der Waals surface area contributed by atoms with Crippen molar-refractivity contribution in [1.29, 1.82) is 0 Å². The van der Waals surface area contributed by atoms with Gasteiger partial charge in [-0.15, -0.1) is 0 Å². The first-order valence-corrected chi connectivity index (χ1v) is 8.86. The second kappa shape index (κ2) is 7.24. The molecule has 6 heteroatoms. The fourth-order valence-electron chi connectivity index (χ4n) is 2.40. The molecule has 0 heterocycles. The van der Waals surface area contributed by atoms with E-state index in [1.165, 1.54) is 6.42 Å². The van der Waals surface area contributed by atoms with Crippen LogP contribution in [0.4, 0.5) is 0 Å². The summed E-state index contributed by atoms with van der Waals surface area (Å²) < 4.78 is 32.9. The van der Waals surface area contributed by atoms with Gasteiger partial charge in [0.2, 0.25) is 10.0 Å². The first-order valence-electron chi connectivity index (χ1n) is 7.38. The highest BCUT2D eigenvalue weighted by Crippen LogP contribution is 2.27. The van der Waals surface area contributed by atoms with Gasteiger partial charge >= 0.3 is 0 Å². The smallest absolute Gasteiger partial charge is 0.240 e. The molecule has 2 N–H and O–H groups in total. The highest BCUT2D eigenvalue weighted by Gasteiger charge is 2.23. The molecule has 0 saturated heterocycles. The monoisotopic (exact) mass is 312 g/mol. The molecule has 21 heavy (non-hydrogen) atoms. The summed E-state index contributed by atoms with van der Waals surface area (Å²) in [5, 5.41) is 3.04. The summed E-state index contributed by atoms with van der Waals surface area (Å²) in [4.78, 5) is 0.359. The van der Waals surface area contributed by atoms with Crippen molar-refractivity contribution in [3.8, 4) is 5.75 Å². The predicted octanol–water partition coefficient (Wildman–Crippen LogP) is 1.54. The van der Waals surface area contributed by atoms with Gasteiger partial charge in [0.05, 0.1) is 12.0 Å². The maximum atomic E-state index is 12.5. The molecule has 0 aromatic heterocycles. The maximum Gasteiger partial charge on any atom is 0.240 e. The third kappa shape index (κ3) is 4.18. The molecular weight excluding hydrogens is 288 g/mol. The molecular formula is C15H24N2O3S. The normalized spacial score (nSPS) is 15.7. The lowest BCUT2D eigenvalue weighted by molar-refractivity contribution is 0.316. The Hall–Kier alpha value is -1.11. The van der Waals surface area contributed by atoms with E-state index in [-0.39, 0.29) is 0 Å². The fourth-order valence-corrected chi connectivity index (χ4v) is 3.77. The molecule has 0 bridgehead atoms. The summed E-state index contributed by atoms with van der Waals surface area (Å²) in [5.74, 6) is 1.18. The van der Waals surface area contributed by atoms with E-state index in [2.05, 4.69) is 10.0 Å². The van der Waals surface area contributed by atoms with E-state index in [4.69, 9.17) is 4.74 Å². The minimum absolute atomic E-state index is 0.359. The van der Waals surface area contributed by atoms with Crippen LogP contribution in [0.1, 0.15) is 24.8 Å². The number of nitrogens with one attached hydrogen (secondary N) is 2. The summed E-state index contributed by atoms with van der Waals surface area (Å²) in [5.41, 5.74) is 0.782. The van der Waals surface area contributed by atoms with Gasteiger partial charge in [0, 0.05) is 6.54 Å². The fraction of sp³-hybridized carbons (Fsp3) is 0.600. The zero-order valence-electron chi connectivity index (χ0n) is 12.7. The van der Waals surface area contributed by atoms with Gasteiger partial charge in [0.1, 0.15) is 5.75 Å². The first kappa shape index (κ1) is 16.3. The van der Waals surface area contributed by atoms with Crippen LogP contribution in [0.15, 0.2) is 23.1 Å². The summed E-state index contributed by atoms with van der Waals surface area (Å²) in [7, 11) is -0.0170. The zero-order chi connectivity index (χ0) is 15.3. The van der Waals surface area contributed by atoms with E-state index in [1.807, 2.05) is 7.05 Å². The molecule has 0 amide bonds. The van der Waals surface area contributed by atoms with Crippen LogP contribution in [-0.4, -0.2) is 35.7 Å². The second-order valence-electron chi connectivity index (χ2n) is 5.48. The Morgan fingerprint density at radius 1 is 1.33 bits per heavy atom. The molecule has 1 saturated carbocycles. The second-order valence-corrected chi connectivity index (χ2v) is 7.21. The van der Waals surface area contributed by atoms with Gasteiger partial charge < -0.3 is 10.1 Å². The Morgan fingerprint density at radius 2 is 2.10 bits per heavy atom. The quantitative estimate of drug-likeness (QED) is 0.764. The summed E-state index contributed by atoms with van der Waals surface area (Å²) in [6.45, 7) is 1.26. The third-order valence-electron chi connectivity index (χ3n) is 3.99. The number of sulfonamides is 1. The average Bonchev–Trinajstić information content (AvgIpc) is 2.42. The molecule has 5 nitrogen and oxygen atoms in total. The summed E-state index contributed by atoms with van der Waals surface area (Å²) in [6, 6.07) is 5.13. The molecule has 1 aliphatic carbocycles. The highest BCUT2D eigenvalue weighted by atomic mass is 32.2. The first-order chi connectivity index (χ1) is 10.1. The van der Waals surface area contributed by atoms with E-state index in [0.717, 1.165) is 24.9 Å². The van der Waals surface area contributed by atoms with E-state index < -0.39 is 10.0 Å². The largest absolute Gasteiger partial charge is 0.497 e. The maximum absolute atomic E-state index is 12.5. The van der Waals surface area contributed by atoms with Crippen LogP contribution in [0, 0.1) is 5.92 Å². The van der Waals surface area contributed by atoms with E-state index in [1.54, 1.807) is 25.3 Å². The van der Waals surface area contributed by atoms with Crippen molar-refractivity contribution in [3.05, 3.63) is 23.8 Å². The van der Waals surface area contributed by atoms with Crippen molar-refractivity contribution in [1.82, 2.24) is 10.0 Å². The van der Waals surface area contributed by atoms with Crippen LogP contribution in [-0.2, 0) is 16.4 Å². The third-order valence-corrected chi connectivity index (χ3v) is 5.51. The number of ether oxygens (including phenoxy) is 1. The van der Waals surface area contributed by atoms with Crippen molar-refractivity contribution in [2.45, 2.75) is 30.6 Å². The molecule has 0 radical (unpaired) electrons. The number of benzene rings is 1. The molecule has 1 aromatic rings. The van der Waals surface area contributed by atoms with Crippen LogP contribution < -0.4 is 14.8 Å². The number of methoxy groups -OCH3 is 1. The predicted molar refractivity (Wildman–Crippen MR) is 83.2 cm³/mol. The van der Waals surface area contributed by atoms with Gasteiger partial charge in [-0.25, -0.2) is 13.1 Å². The Kier molecular flexibility index (Phi) is 5.61. The molecule has 1 aliphatic rings. The SMILES string of the molecule is CNCCc1cc(OC)ccc1S(=O)(=O)NCC1CCC1. The lowest BCUT2D eigenvalue weighted by atomic mass is 9.86. The summed E-state index contributed by atoms with van der Waals surface area (Å²) in [6.07, 6.45) is 4.10. The van der Waals surface area contributed by atoms with E-state index in [0.29, 0.717) is 29.5 Å². The van der Waals surface area contributed by atoms with Crippen LogP contribution in [0.3, 0.4) is 0 Å². The standard InChI is InChI=1S/C15H24N2O3S/c1-16-9-8-13-10-14(20-2)6-7-15(13)21(18,19)17-11-12-4-3-5-12/h6-7,10,12,16-17H,3-5,8-9,11H2,1-2H3. The van der Waals surface area contributed by atoms with Crippen molar-refractivity contribution in [2.75, 3.05) is 27.2 Å². The molecule has 1 fully saturated rings. The van der Waals surface area contributed by atoms with Crippen molar-refractivity contribution in [2.24, 2.45) is 5.92 Å². The van der Waals surface area contributed by atoms with E-state index in [9.17, 15) is 8.42 Å². The minimum atomic E-state index is -3.45. The molecule has 0 unspecified atom stereocenters. The minimum Gasteiger partial charge on any atom is -0.497 e. The van der Waals surface area contributed by atoms with E-state index >= 15 is 0 Å². The number of hydrogen-bond donors (Lipinski definition) is 2. The lowest BCUT2D eigenvalue weighted by Gasteiger charge is -2.25. The van der Waals surface area contributed by atoms with Crippen LogP contribution >= 0.6 is 0 Å². The van der Waals surface area contributed by atoms with Crippen molar-refractivity contribution >= 4 is 10.0 Å². The van der Waals surface area contributed by atoms with Gasteiger partial charge in [-0.3, -0.25) is 0 Å².